The Kier molecular flexibility index (Phi) is 3.35. The number of aromatic nitrogens is 5. The van der Waals surface area contributed by atoms with E-state index in [2.05, 4.69) is 20.1 Å². The van der Waals surface area contributed by atoms with Gasteiger partial charge in [0.2, 0.25) is 0 Å². The monoisotopic (exact) mass is 340 g/mol. The maximum Gasteiger partial charge on any atom is 0.163 e. The van der Waals surface area contributed by atoms with Crippen molar-refractivity contribution in [2.24, 2.45) is 0 Å². The number of anilines is 1. The minimum Gasteiger partial charge on any atom is -0.383 e. The summed E-state index contributed by atoms with van der Waals surface area (Å²) < 4.78 is 15.2. The Balaban J connectivity index is 1.96. The lowest BCUT2D eigenvalue weighted by molar-refractivity contribution is 0.626. The highest BCUT2D eigenvalue weighted by molar-refractivity contribution is 6.30. The van der Waals surface area contributed by atoms with Crippen molar-refractivity contribution in [2.45, 2.75) is 0 Å². The third kappa shape index (κ3) is 2.35. The van der Waals surface area contributed by atoms with Gasteiger partial charge in [0.1, 0.15) is 18.0 Å². The third-order valence-electron chi connectivity index (χ3n) is 3.60. The average molecular weight is 341 g/mol. The summed E-state index contributed by atoms with van der Waals surface area (Å²) in [6.07, 6.45) is 6.29. The van der Waals surface area contributed by atoms with E-state index in [1.165, 1.54) is 23.1 Å². The molecule has 3 heterocycles. The summed E-state index contributed by atoms with van der Waals surface area (Å²) in [5.41, 5.74) is 8.45. The number of hydrogen-bond acceptors (Lipinski definition) is 5. The van der Waals surface area contributed by atoms with Gasteiger partial charge in [0.15, 0.2) is 5.65 Å². The van der Waals surface area contributed by atoms with E-state index < -0.39 is 5.82 Å². The zero-order valence-corrected chi connectivity index (χ0v) is 12.9. The summed E-state index contributed by atoms with van der Waals surface area (Å²) in [6.45, 7) is 0. The fourth-order valence-corrected chi connectivity index (χ4v) is 2.78. The summed E-state index contributed by atoms with van der Waals surface area (Å²) in [5.74, 6) is -0.0861. The summed E-state index contributed by atoms with van der Waals surface area (Å²) in [5, 5.41) is 5.34. The van der Waals surface area contributed by atoms with Crippen LogP contribution in [0.15, 0.2) is 49.2 Å². The highest BCUT2D eigenvalue weighted by Crippen LogP contribution is 2.31. The first-order valence-electron chi connectivity index (χ1n) is 6.98. The molecule has 0 aliphatic heterocycles. The average Bonchev–Trinajstić information content (AvgIpc) is 2.98. The maximum atomic E-state index is 13.6. The first-order chi connectivity index (χ1) is 11.6. The van der Waals surface area contributed by atoms with Crippen LogP contribution in [0.1, 0.15) is 0 Å². The Hall–Kier alpha value is -3.06. The number of halogens is 2. The molecule has 2 N–H and O–H groups in total. The summed E-state index contributed by atoms with van der Waals surface area (Å²) >= 11 is 5.93. The van der Waals surface area contributed by atoms with Crippen molar-refractivity contribution in [3.05, 3.63) is 60.0 Å². The Bertz CT molecular complexity index is 1040. The van der Waals surface area contributed by atoms with E-state index in [4.69, 9.17) is 17.3 Å². The predicted octanol–water partition coefficient (Wildman–Crippen LogP) is 3.25. The molecule has 8 heteroatoms. The quantitative estimate of drug-likeness (QED) is 0.605. The number of fused-ring (bicyclic) bond motifs is 1. The Morgan fingerprint density at radius 2 is 1.96 bits per heavy atom. The second-order valence-electron chi connectivity index (χ2n) is 5.10. The molecule has 4 aromatic rings. The molecule has 0 bridgehead atoms. The lowest BCUT2D eigenvalue weighted by Gasteiger charge is -2.07. The van der Waals surface area contributed by atoms with Crippen LogP contribution in [0.5, 0.6) is 0 Å². The molecule has 0 fully saturated rings. The summed E-state index contributed by atoms with van der Waals surface area (Å²) in [6, 6.07) is 6.00. The lowest BCUT2D eigenvalue weighted by atomic mass is 10.1. The number of nitrogen functional groups attached to an aromatic ring is 1. The van der Waals surface area contributed by atoms with Gasteiger partial charge in [-0.25, -0.2) is 24.0 Å². The molecule has 6 nitrogen and oxygen atoms in total. The molecule has 0 amide bonds. The van der Waals surface area contributed by atoms with Gasteiger partial charge in [-0.2, -0.15) is 5.10 Å². The molecular weight excluding hydrogens is 331 g/mol. The van der Waals surface area contributed by atoms with E-state index in [1.54, 1.807) is 24.7 Å². The largest absolute Gasteiger partial charge is 0.383 e. The van der Waals surface area contributed by atoms with Crippen molar-refractivity contribution in [1.29, 1.82) is 0 Å². The van der Waals surface area contributed by atoms with Crippen LogP contribution in [0.2, 0.25) is 5.02 Å². The third-order valence-corrected chi connectivity index (χ3v) is 3.82. The van der Waals surface area contributed by atoms with Crippen molar-refractivity contribution in [3.63, 3.8) is 0 Å². The number of hydrogen-bond donors (Lipinski definition) is 1. The van der Waals surface area contributed by atoms with Gasteiger partial charge in [-0.15, -0.1) is 0 Å². The van der Waals surface area contributed by atoms with E-state index in [1.807, 2.05) is 6.07 Å². The van der Waals surface area contributed by atoms with Crippen LogP contribution in [-0.4, -0.2) is 24.7 Å². The van der Waals surface area contributed by atoms with Crippen LogP contribution in [0.4, 0.5) is 10.2 Å². The second-order valence-corrected chi connectivity index (χ2v) is 5.54. The first kappa shape index (κ1) is 14.5. The molecule has 0 saturated carbocycles. The normalized spacial score (nSPS) is 11.1. The summed E-state index contributed by atoms with van der Waals surface area (Å²) in [7, 11) is 0. The van der Waals surface area contributed by atoms with Gasteiger partial charge < -0.3 is 5.73 Å². The molecule has 24 heavy (non-hydrogen) atoms. The molecule has 3 aromatic heterocycles. The number of rotatable bonds is 2. The van der Waals surface area contributed by atoms with Crippen LogP contribution >= 0.6 is 11.6 Å². The topological polar surface area (TPSA) is 82.5 Å². The van der Waals surface area contributed by atoms with E-state index in [0.717, 1.165) is 10.9 Å². The fourth-order valence-electron chi connectivity index (χ4n) is 2.56. The Morgan fingerprint density at radius 1 is 1.08 bits per heavy atom. The molecule has 0 saturated heterocycles. The van der Waals surface area contributed by atoms with Gasteiger partial charge in [0.25, 0.3) is 0 Å². The van der Waals surface area contributed by atoms with Crippen molar-refractivity contribution in [2.75, 3.05) is 5.73 Å². The zero-order valence-electron chi connectivity index (χ0n) is 12.2. The lowest BCUT2D eigenvalue weighted by Crippen LogP contribution is -1.99. The molecule has 0 aliphatic rings. The number of nitrogens with zero attached hydrogens (tertiary/aromatic N) is 5. The SMILES string of the molecule is Nc1ncncc1-c1ccnc2c1cnn2-c1cc(F)cc(Cl)c1. The van der Waals surface area contributed by atoms with Crippen LogP contribution < -0.4 is 5.73 Å². The standard InChI is InChI=1S/C16H10ClFN6/c17-9-3-10(18)5-11(4-9)24-16-14(7-23-24)12(1-2-21-16)13-6-20-8-22-15(13)19/h1-8H,(H2,19,20,22). The van der Waals surface area contributed by atoms with E-state index in [9.17, 15) is 4.39 Å². The molecule has 0 radical (unpaired) electrons. The number of nitrogens with two attached hydrogens (primary N) is 1. The molecule has 0 spiro atoms. The van der Waals surface area contributed by atoms with E-state index >= 15 is 0 Å². The van der Waals surface area contributed by atoms with Crippen molar-refractivity contribution < 1.29 is 4.39 Å². The smallest absolute Gasteiger partial charge is 0.163 e. The fraction of sp³-hybridized carbons (Fsp3) is 0. The number of benzene rings is 1. The molecular formula is C16H10ClFN6. The first-order valence-corrected chi connectivity index (χ1v) is 7.36. The van der Waals surface area contributed by atoms with Gasteiger partial charge >= 0.3 is 0 Å². The van der Waals surface area contributed by atoms with Crippen molar-refractivity contribution >= 4 is 28.5 Å². The van der Waals surface area contributed by atoms with Crippen LogP contribution in [0.25, 0.3) is 27.8 Å². The van der Waals surface area contributed by atoms with Crippen LogP contribution in [0.3, 0.4) is 0 Å². The minimum absolute atomic E-state index is 0.283. The molecule has 0 aliphatic carbocycles. The highest BCUT2D eigenvalue weighted by Gasteiger charge is 2.14. The summed E-state index contributed by atoms with van der Waals surface area (Å²) in [4.78, 5) is 12.4. The van der Waals surface area contributed by atoms with Gasteiger partial charge in [-0.05, 0) is 24.3 Å². The number of pyridine rings is 1. The van der Waals surface area contributed by atoms with Crippen LogP contribution in [-0.2, 0) is 0 Å². The zero-order chi connectivity index (χ0) is 16.7. The van der Waals surface area contributed by atoms with Crippen molar-refractivity contribution in [3.8, 4) is 16.8 Å². The molecule has 0 atom stereocenters. The Labute approximate surface area is 140 Å². The highest BCUT2D eigenvalue weighted by atomic mass is 35.5. The second kappa shape index (κ2) is 5.54. The van der Waals surface area contributed by atoms with Gasteiger partial charge in [0.05, 0.1) is 11.9 Å². The van der Waals surface area contributed by atoms with Gasteiger partial charge in [-0.1, -0.05) is 11.6 Å². The van der Waals surface area contributed by atoms with E-state index in [-0.39, 0.29) is 5.02 Å². The molecule has 0 unspecified atom stereocenters. The van der Waals surface area contributed by atoms with Crippen molar-refractivity contribution in [1.82, 2.24) is 24.7 Å². The van der Waals surface area contributed by atoms with Gasteiger partial charge in [0, 0.05) is 33.9 Å². The predicted molar refractivity (Wildman–Crippen MR) is 89.3 cm³/mol. The maximum absolute atomic E-state index is 13.6. The van der Waals surface area contributed by atoms with Gasteiger partial charge in [-0.3, -0.25) is 0 Å². The Morgan fingerprint density at radius 3 is 2.75 bits per heavy atom. The molecule has 118 valence electrons. The molecule has 4 rings (SSSR count). The van der Waals surface area contributed by atoms with E-state index in [0.29, 0.717) is 22.7 Å². The van der Waals surface area contributed by atoms with Crippen LogP contribution in [0, 0.1) is 5.82 Å². The minimum atomic E-state index is -0.446. The molecule has 1 aromatic carbocycles.